The summed E-state index contributed by atoms with van der Waals surface area (Å²) in [5.41, 5.74) is 3.25. The van der Waals surface area contributed by atoms with Crippen LogP contribution >= 0.6 is 0 Å². The Kier molecular flexibility index (Phi) is 2.99. The van der Waals surface area contributed by atoms with E-state index in [0.29, 0.717) is 30.0 Å². The number of rotatable bonds is 0. The van der Waals surface area contributed by atoms with Gasteiger partial charge in [0, 0.05) is 11.8 Å². The van der Waals surface area contributed by atoms with Crippen molar-refractivity contribution in [2.75, 3.05) is 0 Å². The highest BCUT2D eigenvalue weighted by Gasteiger charge is 2.59. The average molecular weight is 310 g/mol. The lowest BCUT2D eigenvalue weighted by molar-refractivity contribution is -0.128. The molecule has 0 aromatic rings. The Morgan fingerprint density at radius 2 is 1.87 bits per heavy atom. The molecule has 0 aromatic heterocycles. The molecule has 23 heavy (non-hydrogen) atoms. The zero-order chi connectivity index (χ0) is 16.6. The van der Waals surface area contributed by atoms with Crippen LogP contribution in [-0.2, 0) is 9.59 Å². The van der Waals surface area contributed by atoms with Crippen LogP contribution in [0, 0.1) is 28.6 Å². The lowest BCUT2D eigenvalue weighted by atomic mass is 9.48. The van der Waals surface area contributed by atoms with Crippen LogP contribution in [0.2, 0.25) is 0 Å². The van der Waals surface area contributed by atoms with Crippen molar-refractivity contribution in [2.45, 2.75) is 52.9 Å². The number of carbonyl (C=O) groups is 2. The van der Waals surface area contributed by atoms with Gasteiger partial charge in [-0.2, -0.15) is 0 Å². The van der Waals surface area contributed by atoms with Crippen molar-refractivity contribution >= 4 is 11.6 Å². The minimum atomic E-state index is -0.211. The molecule has 0 N–H and O–H groups in total. The van der Waals surface area contributed by atoms with Crippen LogP contribution < -0.4 is 0 Å². The second kappa shape index (κ2) is 4.55. The monoisotopic (exact) mass is 310 g/mol. The van der Waals surface area contributed by atoms with E-state index in [1.54, 1.807) is 0 Å². The molecule has 5 atom stereocenters. The highest BCUT2D eigenvalue weighted by atomic mass is 16.1. The molecular formula is C21H26O2. The largest absolute Gasteiger partial charge is 0.295 e. The third-order valence-electron chi connectivity index (χ3n) is 7.53. The van der Waals surface area contributed by atoms with E-state index in [9.17, 15) is 9.59 Å². The molecule has 0 amide bonds. The molecule has 4 aliphatic carbocycles. The Balaban J connectivity index is 1.83. The van der Waals surface area contributed by atoms with Gasteiger partial charge in [0.2, 0.25) is 0 Å². The van der Waals surface area contributed by atoms with Crippen LogP contribution in [0.4, 0.5) is 0 Å². The van der Waals surface area contributed by atoms with Crippen molar-refractivity contribution in [3.05, 3.63) is 35.5 Å². The Hall–Kier alpha value is -1.44. The van der Waals surface area contributed by atoms with Crippen LogP contribution in [0.25, 0.3) is 0 Å². The van der Waals surface area contributed by atoms with Gasteiger partial charge >= 0.3 is 0 Å². The first-order valence-electron chi connectivity index (χ1n) is 8.94. The molecule has 4 rings (SSSR count). The van der Waals surface area contributed by atoms with Gasteiger partial charge < -0.3 is 0 Å². The Bertz CT molecular complexity index is 695. The summed E-state index contributed by atoms with van der Waals surface area (Å²) in [6, 6.07) is 0. The maximum Gasteiger partial charge on any atom is 0.164 e. The fourth-order valence-electron chi connectivity index (χ4n) is 6.16. The predicted octanol–water partition coefficient (Wildman–Crippen LogP) is 4.42. The number of allylic oxidation sites excluding steroid dienone is 5. The van der Waals surface area contributed by atoms with E-state index in [1.807, 2.05) is 6.08 Å². The summed E-state index contributed by atoms with van der Waals surface area (Å²) in [5, 5.41) is 0. The first kappa shape index (κ1) is 15.1. The number of Topliss-reactive ketones (excluding diaryl/α,β-unsaturated/α-hetero) is 1. The highest BCUT2D eigenvalue weighted by Crippen LogP contribution is 2.64. The molecule has 2 nitrogen and oxygen atoms in total. The second-order valence-electron chi connectivity index (χ2n) is 8.67. The topological polar surface area (TPSA) is 34.1 Å². The SMILES string of the molecule is C=C1C[C@H]2[C@@H]3C=C(C)C4=CC(=O)CC[C@]4(C)[C@H]3CC[C@]2(C)C1=O. The third-order valence-corrected chi connectivity index (χ3v) is 7.53. The molecule has 0 radical (unpaired) electrons. The van der Waals surface area contributed by atoms with Crippen LogP contribution in [0.3, 0.4) is 0 Å². The molecule has 0 spiro atoms. The van der Waals surface area contributed by atoms with Gasteiger partial charge in [0.25, 0.3) is 0 Å². The fraction of sp³-hybridized carbons (Fsp3) is 0.619. The van der Waals surface area contributed by atoms with E-state index in [0.717, 1.165) is 31.3 Å². The number of carbonyl (C=O) groups excluding carboxylic acids is 2. The molecule has 0 heterocycles. The van der Waals surface area contributed by atoms with Crippen molar-refractivity contribution in [2.24, 2.45) is 28.6 Å². The van der Waals surface area contributed by atoms with Gasteiger partial charge in [-0.05, 0) is 73.0 Å². The first-order valence-corrected chi connectivity index (χ1v) is 8.94. The quantitative estimate of drug-likeness (QED) is 0.621. The summed E-state index contributed by atoms with van der Waals surface area (Å²) in [4.78, 5) is 24.6. The van der Waals surface area contributed by atoms with Crippen LogP contribution in [0.1, 0.15) is 52.9 Å². The molecule has 2 heteroatoms. The maximum atomic E-state index is 12.6. The molecular weight excluding hydrogens is 284 g/mol. The number of fused-ring (bicyclic) bond motifs is 5. The van der Waals surface area contributed by atoms with Crippen LogP contribution in [0.5, 0.6) is 0 Å². The molecule has 2 fully saturated rings. The number of hydrogen-bond acceptors (Lipinski definition) is 2. The van der Waals surface area contributed by atoms with E-state index in [-0.39, 0.29) is 16.6 Å². The third kappa shape index (κ3) is 1.81. The first-order chi connectivity index (χ1) is 10.8. The summed E-state index contributed by atoms with van der Waals surface area (Å²) in [5.74, 6) is 1.98. The lowest BCUT2D eigenvalue weighted by Gasteiger charge is -2.55. The molecule has 0 aliphatic heterocycles. The molecule has 0 unspecified atom stereocenters. The van der Waals surface area contributed by atoms with Gasteiger partial charge in [0.15, 0.2) is 11.6 Å². The smallest absolute Gasteiger partial charge is 0.164 e. The predicted molar refractivity (Wildman–Crippen MR) is 90.8 cm³/mol. The molecule has 0 saturated heterocycles. The minimum absolute atomic E-state index is 0.103. The van der Waals surface area contributed by atoms with E-state index in [4.69, 9.17) is 0 Å². The van der Waals surface area contributed by atoms with Gasteiger partial charge in [0.1, 0.15) is 0 Å². The Morgan fingerprint density at radius 3 is 2.61 bits per heavy atom. The van der Waals surface area contributed by atoms with Crippen molar-refractivity contribution in [1.82, 2.24) is 0 Å². The van der Waals surface area contributed by atoms with Crippen LogP contribution in [-0.4, -0.2) is 11.6 Å². The summed E-state index contributed by atoms with van der Waals surface area (Å²) < 4.78 is 0. The Morgan fingerprint density at radius 1 is 1.13 bits per heavy atom. The van der Waals surface area contributed by atoms with Crippen molar-refractivity contribution in [3.8, 4) is 0 Å². The normalized spacial score (nSPS) is 45.9. The van der Waals surface area contributed by atoms with E-state index in [2.05, 4.69) is 33.4 Å². The second-order valence-corrected chi connectivity index (χ2v) is 8.67. The molecule has 122 valence electrons. The van der Waals surface area contributed by atoms with Crippen molar-refractivity contribution in [3.63, 3.8) is 0 Å². The molecule has 2 saturated carbocycles. The van der Waals surface area contributed by atoms with E-state index in [1.165, 1.54) is 11.1 Å². The zero-order valence-electron chi connectivity index (χ0n) is 14.4. The van der Waals surface area contributed by atoms with E-state index < -0.39 is 0 Å². The van der Waals surface area contributed by atoms with Gasteiger partial charge in [-0.25, -0.2) is 0 Å². The summed E-state index contributed by atoms with van der Waals surface area (Å²) in [6.07, 6.45) is 8.83. The van der Waals surface area contributed by atoms with Gasteiger partial charge in [-0.1, -0.05) is 32.1 Å². The summed E-state index contributed by atoms with van der Waals surface area (Å²) >= 11 is 0. The van der Waals surface area contributed by atoms with E-state index >= 15 is 0 Å². The summed E-state index contributed by atoms with van der Waals surface area (Å²) in [6.45, 7) is 10.7. The number of hydrogen-bond donors (Lipinski definition) is 0. The zero-order valence-corrected chi connectivity index (χ0v) is 14.4. The minimum Gasteiger partial charge on any atom is -0.295 e. The Labute approximate surface area is 138 Å². The van der Waals surface area contributed by atoms with Crippen molar-refractivity contribution in [1.29, 1.82) is 0 Å². The number of ketones is 2. The van der Waals surface area contributed by atoms with Gasteiger partial charge in [-0.3, -0.25) is 9.59 Å². The standard InChI is InChI=1S/C21H26O2/c1-12-9-15-16(20(3)7-5-14(22)11-17(12)20)6-8-21(4)18(15)10-13(2)19(21)23/h9,11,15-16,18H,2,5-8,10H2,1,3-4H3/t15-,16+,18+,20-,21+/m1/s1. The lowest BCUT2D eigenvalue weighted by Crippen LogP contribution is -2.49. The fourth-order valence-corrected chi connectivity index (χ4v) is 6.16. The van der Waals surface area contributed by atoms with Gasteiger partial charge in [-0.15, -0.1) is 0 Å². The summed E-state index contributed by atoms with van der Waals surface area (Å²) in [7, 11) is 0. The highest BCUT2D eigenvalue weighted by molar-refractivity contribution is 6.02. The van der Waals surface area contributed by atoms with Crippen LogP contribution in [0.15, 0.2) is 35.5 Å². The molecule has 0 aromatic carbocycles. The molecule has 4 aliphatic rings. The maximum absolute atomic E-state index is 12.6. The van der Waals surface area contributed by atoms with Gasteiger partial charge in [0.05, 0.1) is 0 Å². The average Bonchev–Trinajstić information content (AvgIpc) is 2.73. The van der Waals surface area contributed by atoms with Crippen molar-refractivity contribution < 1.29 is 9.59 Å². The molecule has 0 bridgehead atoms.